The van der Waals surface area contributed by atoms with Gasteiger partial charge in [0.25, 0.3) is 5.91 Å². The van der Waals surface area contributed by atoms with Crippen molar-refractivity contribution in [2.24, 2.45) is 5.14 Å². The minimum Gasteiger partial charge on any atom is -0.495 e. The number of carbonyl (C=O) groups is 1. The number of methoxy groups -OCH3 is 1. The molecule has 0 saturated carbocycles. The van der Waals surface area contributed by atoms with Crippen LogP contribution in [0.1, 0.15) is 10.4 Å². The Labute approximate surface area is 130 Å². The van der Waals surface area contributed by atoms with Gasteiger partial charge in [-0.15, -0.1) is 0 Å². The van der Waals surface area contributed by atoms with Crippen molar-refractivity contribution in [3.63, 3.8) is 0 Å². The molecule has 0 heterocycles. The quantitative estimate of drug-likeness (QED) is 0.886. The number of hydrogen-bond donors (Lipinski definition) is 2. The highest BCUT2D eigenvalue weighted by molar-refractivity contribution is 7.89. The number of nitrogens with one attached hydrogen (secondary N) is 1. The predicted molar refractivity (Wildman–Crippen MR) is 78.7 cm³/mol. The lowest BCUT2D eigenvalue weighted by molar-refractivity contribution is 0.102. The van der Waals surface area contributed by atoms with Crippen LogP contribution in [0.15, 0.2) is 41.3 Å². The van der Waals surface area contributed by atoms with E-state index < -0.39 is 38.1 Å². The van der Waals surface area contributed by atoms with E-state index >= 15 is 0 Å². The summed E-state index contributed by atoms with van der Waals surface area (Å²) in [5.41, 5.74) is -0.789. The Morgan fingerprint density at radius 1 is 1.17 bits per heavy atom. The molecule has 9 heteroatoms. The molecule has 122 valence electrons. The molecule has 0 aliphatic heterocycles. The van der Waals surface area contributed by atoms with E-state index in [1.807, 2.05) is 5.32 Å². The van der Waals surface area contributed by atoms with Crippen LogP contribution >= 0.6 is 0 Å². The molecule has 0 fully saturated rings. The van der Waals surface area contributed by atoms with Gasteiger partial charge in [0.05, 0.1) is 7.11 Å². The summed E-state index contributed by atoms with van der Waals surface area (Å²) >= 11 is 0. The number of nitrogens with two attached hydrogens (primary N) is 1. The van der Waals surface area contributed by atoms with E-state index in [4.69, 9.17) is 9.88 Å². The molecule has 2 aromatic rings. The molecule has 2 aromatic carbocycles. The average Bonchev–Trinajstić information content (AvgIpc) is 2.49. The predicted octanol–water partition coefficient (Wildman–Crippen LogP) is 1.87. The van der Waals surface area contributed by atoms with Crippen molar-refractivity contribution in [3.05, 3.63) is 53.6 Å². The number of hydrogen-bond acceptors (Lipinski definition) is 4. The Hall–Kier alpha value is -2.52. The van der Waals surface area contributed by atoms with Gasteiger partial charge in [0.1, 0.15) is 28.0 Å². The molecular weight excluding hydrogens is 330 g/mol. The normalized spacial score (nSPS) is 11.1. The van der Waals surface area contributed by atoms with Gasteiger partial charge in [-0.05, 0) is 30.3 Å². The van der Waals surface area contributed by atoms with Crippen LogP contribution in [0.25, 0.3) is 0 Å². The topological polar surface area (TPSA) is 98.5 Å². The summed E-state index contributed by atoms with van der Waals surface area (Å²) in [6, 6.07) is 6.51. The van der Waals surface area contributed by atoms with Gasteiger partial charge >= 0.3 is 0 Å². The maximum atomic E-state index is 13.5. The summed E-state index contributed by atoms with van der Waals surface area (Å²) in [5, 5.41) is 7.09. The SMILES string of the molecule is COc1ccc(C(=O)Nc2c(F)cccc2F)cc1S(N)(=O)=O. The molecule has 0 saturated heterocycles. The zero-order valence-electron chi connectivity index (χ0n) is 11.8. The Kier molecular flexibility index (Phi) is 4.62. The van der Waals surface area contributed by atoms with Crippen molar-refractivity contribution >= 4 is 21.6 Å². The van der Waals surface area contributed by atoms with Gasteiger partial charge in [0, 0.05) is 5.56 Å². The van der Waals surface area contributed by atoms with E-state index in [-0.39, 0.29) is 11.3 Å². The van der Waals surface area contributed by atoms with E-state index in [2.05, 4.69) is 0 Å². The van der Waals surface area contributed by atoms with Crippen molar-refractivity contribution in [2.45, 2.75) is 4.90 Å². The highest BCUT2D eigenvalue weighted by Gasteiger charge is 2.19. The summed E-state index contributed by atoms with van der Waals surface area (Å²) in [7, 11) is -2.91. The molecule has 6 nitrogen and oxygen atoms in total. The third-order valence-corrected chi connectivity index (χ3v) is 3.87. The van der Waals surface area contributed by atoms with Crippen molar-refractivity contribution in [1.29, 1.82) is 0 Å². The van der Waals surface area contributed by atoms with Gasteiger partial charge in [0.2, 0.25) is 10.0 Å². The molecule has 0 atom stereocenters. The van der Waals surface area contributed by atoms with E-state index in [0.29, 0.717) is 0 Å². The van der Waals surface area contributed by atoms with Crippen LogP contribution in [0.2, 0.25) is 0 Å². The van der Waals surface area contributed by atoms with Crippen LogP contribution in [0.3, 0.4) is 0 Å². The van der Waals surface area contributed by atoms with Gasteiger partial charge < -0.3 is 10.1 Å². The molecule has 1 amide bonds. The van der Waals surface area contributed by atoms with Gasteiger partial charge in [-0.25, -0.2) is 22.3 Å². The van der Waals surface area contributed by atoms with Crippen molar-refractivity contribution < 1.29 is 26.7 Å². The van der Waals surface area contributed by atoms with Crippen molar-refractivity contribution in [3.8, 4) is 5.75 Å². The molecule has 0 aromatic heterocycles. The molecule has 0 radical (unpaired) electrons. The number of sulfonamides is 1. The third kappa shape index (κ3) is 3.63. The lowest BCUT2D eigenvalue weighted by Crippen LogP contribution is -2.17. The van der Waals surface area contributed by atoms with Gasteiger partial charge in [0.15, 0.2) is 0 Å². The second-order valence-electron chi connectivity index (χ2n) is 4.46. The summed E-state index contributed by atoms with van der Waals surface area (Å²) in [6.07, 6.45) is 0. The monoisotopic (exact) mass is 342 g/mol. The Morgan fingerprint density at radius 3 is 2.30 bits per heavy atom. The second kappa shape index (κ2) is 6.31. The number of para-hydroxylation sites is 1. The molecule has 0 aliphatic carbocycles. The number of benzene rings is 2. The van der Waals surface area contributed by atoms with Crippen LogP contribution in [0.5, 0.6) is 5.75 Å². The first kappa shape index (κ1) is 16.8. The molecule has 0 unspecified atom stereocenters. The largest absolute Gasteiger partial charge is 0.495 e. The first-order chi connectivity index (χ1) is 10.7. The Morgan fingerprint density at radius 2 is 1.78 bits per heavy atom. The van der Waals surface area contributed by atoms with E-state index in [1.165, 1.54) is 19.2 Å². The molecule has 23 heavy (non-hydrogen) atoms. The minimum absolute atomic E-state index is 0.0545. The van der Waals surface area contributed by atoms with E-state index in [9.17, 15) is 22.0 Å². The summed E-state index contributed by atoms with van der Waals surface area (Å²) in [6.45, 7) is 0. The first-order valence-electron chi connectivity index (χ1n) is 6.20. The van der Waals surface area contributed by atoms with Crippen molar-refractivity contribution in [2.75, 3.05) is 12.4 Å². The number of anilines is 1. The zero-order chi connectivity index (χ0) is 17.2. The third-order valence-electron chi connectivity index (χ3n) is 2.93. The average molecular weight is 342 g/mol. The molecule has 0 bridgehead atoms. The Balaban J connectivity index is 2.41. The molecular formula is C14H12F2N2O4S. The van der Waals surface area contributed by atoms with Crippen molar-refractivity contribution in [1.82, 2.24) is 0 Å². The van der Waals surface area contributed by atoms with E-state index in [1.54, 1.807) is 0 Å². The standard InChI is InChI=1S/C14H12F2N2O4S/c1-22-11-6-5-8(7-12(11)23(17,20)21)14(19)18-13-9(15)3-2-4-10(13)16/h2-7H,1H3,(H,18,19)(H2,17,20,21). The maximum absolute atomic E-state index is 13.5. The molecule has 0 aliphatic rings. The van der Waals surface area contributed by atoms with Gasteiger partial charge in [-0.3, -0.25) is 4.79 Å². The fourth-order valence-corrected chi connectivity index (χ4v) is 2.57. The summed E-state index contributed by atoms with van der Waals surface area (Å²) < 4.78 is 54.9. The lowest BCUT2D eigenvalue weighted by atomic mass is 10.2. The number of rotatable bonds is 4. The first-order valence-corrected chi connectivity index (χ1v) is 7.75. The van der Waals surface area contributed by atoms with Crippen LogP contribution in [0, 0.1) is 11.6 Å². The van der Waals surface area contributed by atoms with Crippen LogP contribution in [-0.4, -0.2) is 21.4 Å². The zero-order valence-corrected chi connectivity index (χ0v) is 12.7. The number of halogens is 2. The van der Waals surface area contributed by atoms with Gasteiger partial charge in [-0.2, -0.15) is 0 Å². The number of primary sulfonamides is 1. The van der Waals surface area contributed by atoms with Crippen LogP contribution < -0.4 is 15.2 Å². The second-order valence-corrected chi connectivity index (χ2v) is 5.99. The van der Waals surface area contributed by atoms with E-state index in [0.717, 1.165) is 24.3 Å². The summed E-state index contributed by atoms with van der Waals surface area (Å²) in [4.78, 5) is 11.7. The molecule has 0 spiro atoms. The minimum atomic E-state index is -4.14. The number of amides is 1. The summed E-state index contributed by atoms with van der Waals surface area (Å²) in [5.74, 6) is -2.88. The highest BCUT2D eigenvalue weighted by Crippen LogP contribution is 2.25. The van der Waals surface area contributed by atoms with Crippen LogP contribution in [0.4, 0.5) is 14.5 Å². The number of ether oxygens (including phenoxy) is 1. The van der Waals surface area contributed by atoms with Gasteiger partial charge in [-0.1, -0.05) is 6.07 Å². The lowest BCUT2D eigenvalue weighted by Gasteiger charge is -2.10. The Bertz CT molecular complexity index is 849. The number of carbonyl (C=O) groups excluding carboxylic acids is 1. The highest BCUT2D eigenvalue weighted by atomic mass is 32.2. The molecule has 2 rings (SSSR count). The van der Waals surface area contributed by atoms with Crippen LogP contribution in [-0.2, 0) is 10.0 Å². The maximum Gasteiger partial charge on any atom is 0.255 e. The fraction of sp³-hybridized carbons (Fsp3) is 0.0714. The molecule has 3 N–H and O–H groups in total. The smallest absolute Gasteiger partial charge is 0.255 e. The fourth-order valence-electron chi connectivity index (χ4n) is 1.84.